The Morgan fingerprint density at radius 2 is 2.04 bits per heavy atom. The monoisotopic (exact) mass is 359 g/mol. The minimum Gasteiger partial charge on any atom is -0.494 e. The van der Waals surface area contributed by atoms with E-state index in [9.17, 15) is 14.7 Å². The Hall–Kier alpha value is -2.21. The number of hydrogen-bond acceptors (Lipinski definition) is 4. The van der Waals surface area contributed by atoms with Gasteiger partial charge in [-0.15, -0.1) is 11.8 Å². The number of benzene rings is 1. The van der Waals surface area contributed by atoms with E-state index < -0.39 is 11.9 Å². The molecule has 5 nitrogen and oxygen atoms in total. The zero-order valence-electron chi connectivity index (χ0n) is 14.3. The molecule has 1 aromatic carbocycles. The normalized spacial score (nSPS) is 15.8. The Morgan fingerprint density at radius 3 is 2.64 bits per heavy atom. The fourth-order valence-electron chi connectivity index (χ4n) is 3.18. The summed E-state index contributed by atoms with van der Waals surface area (Å²) in [4.78, 5) is 25.3. The number of carbonyl (C=O) groups is 2. The average Bonchev–Trinajstić information content (AvgIpc) is 3.18. The van der Waals surface area contributed by atoms with Crippen molar-refractivity contribution in [2.45, 2.75) is 37.1 Å². The van der Waals surface area contributed by atoms with Crippen molar-refractivity contribution in [3.05, 3.63) is 47.3 Å². The van der Waals surface area contributed by atoms with E-state index >= 15 is 0 Å². The largest absolute Gasteiger partial charge is 0.494 e. The lowest BCUT2D eigenvalue weighted by atomic mass is 10.1. The first-order chi connectivity index (χ1) is 12.1. The molecule has 2 aromatic rings. The molecule has 1 aliphatic rings. The third kappa shape index (κ3) is 3.31. The van der Waals surface area contributed by atoms with Crippen LogP contribution in [0.4, 0.5) is 0 Å². The van der Waals surface area contributed by atoms with Crippen molar-refractivity contribution >= 4 is 23.5 Å². The highest BCUT2D eigenvalue weighted by Crippen LogP contribution is 2.37. The second-order valence-electron chi connectivity index (χ2n) is 6.02. The molecule has 0 bridgehead atoms. The summed E-state index contributed by atoms with van der Waals surface area (Å²) in [5, 5.41) is 9.37. The molecule has 0 amide bonds. The molecule has 1 aliphatic heterocycles. The second-order valence-corrected chi connectivity index (χ2v) is 6.87. The second kappa shape index (κ2) is 7.35. The van der Waals surface area contributed by atoms with Crippen molar-refractivity contribution in [1.82, 2.24) is 4.57 Å². The van der Waals surface area contributed by atoms with Crippen molar-refractivity contribution in [1.29, 1.82) is 0 Å². The van der Waals surface area contributed by atoms with Crippen LogP contribution >= 0.6 is 11.8 Å². The summed E-state index contributed by atoms with van der Waals surface area (Å²) in [5.41, 5.74) is 1.90. The topological polar surface area (TPSA) is 68.5 Å². The molecule has 25 heavy (non-hydrogen) atoms. The predicted octanol–water partition coefficient (Wildman–Crippen LogP) is 3.80. The highest BCUT2D eigenvalue weighted by molar-refractivity contribution is 7.98. The average molecular weight is 359 g/mol. The van der Waals surface area contributed by atoms with Crippen molar-refractivity contribution in [3.63, 3.8) is 0 Å². The van der Waals surface area contributed by atoms with Gasteiger partial charge in [0.15, 0.2) is 0 Å². The Morgan fingerprint density at radius 1 is 1.32 bits per heavy atom. The minimum atomic E-state index is -0.833. The molecule has 0 saturated carbocycles. The van der Waals surface area contributed by atoms with Gasteiger partial charge >= 0.3 is 5.97 Å². The van der Waals surface area contributed by atoms with Crippen LogP contribution in [0.1, 0.15) is 47.4 Å². The lowest BCUT2D eigenvalue weighted by Gasteiger charge is -2.09. The maximum Gasteiger partial charge on any atom is 0.312 e. The quantitative estimate of drug-likeness (QED) is 0.601. The van der Waals surface area contributed by atoms with Crippen LogP contribution in [-0.2, 0) is 11.3 Å². The van der Waals surface area contributed by atoms with Crippen LogP contribution in [0.3, 0.4) is 0 Å². The molecule has 0 radical (unpaired) electrons. The Labute approximate surface area is 151 Å². The number of nitrogens with zero attached hydrogens (tertiary/aromatic N) is 1. The molecule has 2 heterocycles. The van der Waals surface area contributed by atoms with Gasteiger partial charge in [0.05, 0.1) is 12.5 Å². The van der Waals surface area contributed by atoms with Gasteiger partial charge in [0, 0.05) is 22.7 Å². The van der Waals surface area contributed by atoms with Gasteiger partial charge in [-0.2, -0.15) is 0 Å². The number of thioether (sulfide) groups is 1. The number of rotatable bonds is 7. The SMILES string of the molecule is CCCOc1ccc(C(=O)c2c(SC)cc3n2CCC3C(=O)O)cc1. The van der Waals surface area contributed by atoms with Gasteiger partial charge in [-0.25, -0.2) is 0 Å². The summed E-state index contributed by atoms with van der Waals surface area (Å²) in [7, 11) is 0. The van der Waals surface area contributed by atoms with Gasteiger partial charge in [0.1, 0.15) is 11.4 Å². The standard InChI is InChI=1S/C19H21NO4S/c1-3-10-24-13-6-4-12(5-7-13)18(21)17-16(25-2)11-15-14(19(22)23)8-9-20(15)17/h4-7,11,14H,3,8-10H2,1-2H3,(H,22,23). The summed E-state index contributed by atoms with van der Waals surface area (Å²) in [6.07, 6.45) is 3.36. The van der Waals surface area contributed by atoms with E-state index in [-0.39, 0.29) is 5.78 Å². The van der Waals surface area contributed by atoms with Crippen LogP contribution in [0.25, 0.3) is 0 Å². The van der Waals surface area contributed by atoms with Crippen molar-refractivity contribution < 1.29 is 19.4 Å². The lowest BCUT2D eigenvalue weighted by Crippen LogP contribution is -2.10. The smallest absolute Gasteiger partial charge is 0.312 e. The molecule has 0 saturated heterocycles. The molecule has 0 fully saturated rings. The van der Waals surface area contributed by atoms with E-state index in [1.807, 2.05) is 23.8 Å². The Bertz CT molecular complexity index is 795. The number of carboxylic acids is 1. The van der Waals surface area contributed by atoms with E-state index in [0.717, 1.165) is 22.8 Å². The molecule has 132 valence electrons. The fraction of sp³-hybridized carbons (Fsp3) is 0.368. The molecule has 0 aliphatic carbocycles. The number of ether oxygens (including phenoxy) is 1. The van der Waals surface area contributed by atoms with Crippen LogP contribution in [0.2, 0.25) is 0 Å². The van der Waals surface area contributed by atoms with Gasteiger partial charge in [-0.05, 0) is 49.4 Å². The van der Waals surface area contributed by atoms with E-state index in [1.165, 1.54) is 11.8 Å². The van der Waals surface area contributed by atoms with Crippen molar-refractivity contribution in [2.75, 3.05) is 12.9 Å². The number of ketones is 1. The maximum absolute atomic E-state index is 13.0. The number of aliphatic carboxylic acids is 1. The Kier molecular flexibility index (Phi) is 5.18. The molecule has 1 N–H and O–H groups in total. The van der Waals surface area contributed by atoms with E-state index in [4.69, 9.17) is 4.74 Å². The van der Waals surface area contributed by atoms with Crippen LogP contribution < -0.4 is 4.74 Å². The summed E-state index contributed by atoms with van der Waals surface area (Å²) < 4.78 is 7.42. The number of carboxylic acid groups (broad SMARTS) is 1. The lowest BCUT2D eigenvalue weighted by molar-refractivity contribution is -0.138. The number of fused-ring (bicyclic) bond motifs is 1. The molecule has 3 rings (SSSR count). The zero-order chi connectivity index (χ0) is 18.0. The highest BCUT2D eigenvalue weighted by atomic mass is 32.2. The molecule has 1 aromatic heterocycles. The molecule has 6 heteroatoms. The molecular formula is C19H21NO4S. The fourth-order valence-corrected chi connectivity index (χ4v) is 3.81. The predicted molar refractivity (Wildman–Crippen MR) is 96.9 cm³/mol. The van der Waals surface area contributed by atoms with Gasteiger partial charge < -0.3 is 14.4 Å². The van der Waals surface area contributed by atoms with Gasteiger partial charge in [0.25, 0.3) is 0 Å². The maximum atomic E-state index is 13.0. The summed E-state index contributed by atoms with van der Waals surface area (Å²) in [6, 6.07) is 8.98. The number of hydrogen-bond donors (Lipinski definition) is 1. The Balaban J connectivity index is 1.92. The van der Waals surface area contributed by atoms with Crippen molar-refractivity contribution in [2.24, 2.45) is 0 Å². The molecular weight excluding hydrogens is 338 g/mol. The van der Waals surface area contributed by atoms with Crippen LogP contribution in [-0.4, -0.2) is 34.3 Å². The zero-order valence-corrected chi connectivity index (χ0v) is 15.1. The highest BCUT2D eigenvalue weighted by Gasteiger charge is 2.34. The van der Waals surface area contributed by atoms with Gasteiger partial charge in [0.2, 0.25) is 5.78 Å². The van der Waals surface area contributed by atoms with Crippen LogP contribution in [0.15, 0.2) is 35.2 Å². The first-order valence-electron chi connectivity index (χ1n) is 8.34. The molecule has 0 spiro atoms. The summed E-state index contributed by atoms with van der Waals surface area (Å²) in [6.45, 7) is 3.25. The first-order valence-corrected chi connectivity index (χ1v) is 9.57. The van der Waals surface area contributed by atoms with Gasteiger partial charge in [-0.3, -0.25) is 9.59 Å². The van der Waals surface area contributed by atoms with E-state index in [1.54, 1.807) is 24.3 Å². The van der Waals surface area contributed by atoms with Crippen LogP contribution in [0, 0.1) is 0 Å². The first kappa shape index (κ1) is 17.6. The van der Waals surface area contributed by atoms with E-state index in [0.29, 0.717) is 30.8 Å². The summed E-state index contributed by atoms with van der Waals surface area (Å²) in [5.74, 6) is -0.698. The van der Waals surface area contributed by atoms with E-state index in [2.05, 4.69) is 0 Å². The third-order valence-electron chi connectivity index (χ3n) is 4.41. The minimum absolute atomic E-state index is 0.0799. The van der Waals surface area contributed by atoms with Gasteiger partial charge in [-0.1, -0.05) is 6.92 Å². The molecule has 1 atom stereocenters. The van der Waals surface area contributed by atoms with Crippen molar-refractivity contribution in [3.8, 4) is 5.75 Å². The number of aromatic nitrogens is 1. The summed E-state index contributed by atoms with van der Waals surface area (Å²) >= 11 is 1.47. The number of carbonyl (C=O) groups excluding carboxylic acids is 1. The molecule has 1 unspecified atom stereocenters. The third-order valence-corrected chi connectivity index (χ3v) is 5.17. The van der Waals surface area contributed by atoms with Crippen LogP contribution in [0.5, 0.6) is 5.75 Å².